The van der Waals surface area contributed by atoms with E-state index in [1.165, 1.54) is 32.1 Å². The number of rotatable bonds is 1. The zero-order chi connectivity index (χ0) is 9.15. The van der Waals surface area contributed by atoms with E-state index >= 15 is 0 Å². The summed E-state index contributed by atoms with van der Waals surface area (Å²) in [4.78, 5) is 0. The SMILES string of the molecule is Cl.OC1(C2CCCCC2)CCNCC1. The highest BCUT2D eigenvalue weighted by molar-refractivity contribution is 5.85. The standard InChI is InChI=1S/C11H21NO.ClH/c13-11(6-8-12-9-7-11)10-4-2-1-3-5-10;/h10,12-13H,1-9H2;1H. The van der Waals surface area contributed by atoms with Gasteiger partial charge < -0.3 is 10.4 Å². The highest BCUT2D eigenvalue weighted by Gasteiger charge is 2.37. The van der Waals surface area contributed by atoms with E-state index in [0.717, 1.165) is 25.9 Å². The molecule has 1 saturated carbocycles. The summed E-state index contributed by atoms with van der Waals surface area (Å²) in [6.45, 7) is 2.01. The van der Waals surface area contributed by atoms with E-state index in [1.54, 1.807) is 0 Å². The lowest BCUT2D eigenvalue weighted by atomic mass is 9.72. The summed E-state index contributed by atoms with van der Waals surface area (Å²) in [5.41, 5.74) is -0.314. The molecular formula is C11H22ClNO. The van der Waals surface area contributed by atoms with Crippen molar-refractivity contribution in [1.82, 2.24) is 5.32 Å². The summed E-state index contributed by atoms with van der Waals surface area (Å²) in [5.74, 6) is 0.600. The summed E-state index contributed by atoms with van der Waals surface area (Å²) >= 11 is 0. The van der Waals surface area contributed by atoms with E-state index in [4.69, 9.17) is 0 Å². The second-order valence-electron chi connectivity index (χ2n) is 4.69. The van der Waals surface area contributed by atoms with Crippen molar-refractivity contribution >= 4 is 12.4 Å². The van der Waals surface area contributed by atoms with Crippen LogP contribution in [-0.2, 0) is 0 Å². The molecule has 0 unspecified atom stereocenters. The number of nitrogens with one attached hydrogen (secondary N) is 1. The molecule has 0 aromatic heterocycles. The molecule has 1 aliphatic heterocycles. The average Bonchev–Trinajstić information content (AvgIpc) is 2.20. The molecule has 2 rings (SSSR count). The Hall–Kier alpha value is 0.210. The number of piperidine rings is 1. The average molecular weight is 220 g/mol. The van der Waals surface area contributed by atoms with Gasteiger partial charge in [0.25, 0.3) is 0 Å². The normalized spacial score (nSPS) is 28.1. The molecule has 14 heavy (non-hydrogen) atoms. The summed E-state index contributed by atoms with van der Waals surface area (Å²) in [7, 11) is 0. The first kappa shape index (κ1) is 12.3. The monoisotopic (exact) mass is 219 g/mol. The molecule has 0 aromatic rings. The maximum atomic E-state index is 10.5. The highest BCUT2D eigenvalue weighted by Crippen LogP contribution is 2.37. The summed E-state index contributed by atoms with van der Waals surface area (Å²) in [6.07, 6.45) is 8.51. The zero-order valence-electron chi connectivity index (χ0n) is 8.80. The second-order valence-corrected chi connectivity index (χ2v) is 4.69. The molecule has 2 fully saturated rings. The molecule has 0 spiro atoms. The number of aliphatic hydroxyl groups is 1. The molecule has 1 aliphatic carbocycles. The van der Waals surface area contributed by atoms with E-state index in [0.29, 0.717) is 5.92 Å². The molecule has 84 valence electrons. The van der Waals surface area contributed by atoms with Crippen LogP contribution in [0.3, 0.4) is 0 Å². The maximum Gasteiger partial charge on any atom is 0.0700 e. The minimum Gasteiger partial charge on any atom is -0.390 e. The fourth-order valence-electron chi connectivity index (χ4n) is 2.91. The van der Waals surface area contributed by atoms with Gasteiger partial charge in [-0.3, -0.25) is 0 Å². The van der Waals surface area contributed by atoms with Crippen LogP contribution >= 0.6 is 12.4 Å². The van der Waals surface area contributed by atoms with Crippen LogP contribution < -0.4 is 5.32 Å². The van der Waals surface area contributed by atoms with Crippen molar-refractivity contribution in [3.63, 3.8) is 0 Å². The zero-order valence-corrected chi connectivity index (χ0v) is 9.61. The largest absolute Gasteiger partial charge is 0.390 e. The maximum absolute atomic E-state index is 10.5. The topological polar surface area (TPSA) is 32.3 Å². The van der Waals surface area contributed by atoms with Gasteiger partial charge in [-0.25, -0.2) is 0 Å². The Morgan fingerprint density at radius 1 is 1.00 bits per heavy atom. The molecule has 2 nitrogen and oxygen atoms in total. The quantitative estimate of drug-likeness (QED) is 0.708. The van der Waals surface area contributed by atoms with Crippen LogP contribution in [0.1, 0.15) is 44.9 Å². The number of halogens is 1. The lowest BCUT2D eigenvalue weighted by molar-refractivity contribution is -0.0558. The summed E-state index contributed by atoms with van der Waals surface area (Å²) in [5, 5.41) is 13.8. The van der Waals surface area contributed by atoms with E-state index in [2.05, 4.69) is 5.32 Å². The Labute approximate surface area is 92.9 Å². The van der Waals surface area contributed by atoms with Crippen molar-refractivity contribution in [2.75, 3.05) is 13.1 Å². The van der Waals surface area contributed by atoms with Crippen LogP contribution in [0.15, 0.2) is 0 Å². The number of hydrogen-bond acceptors (Lipinski definition) is 2. The van der Waals surface area contributed by atoms with Crippen molar-refractivity contribution in [1.29, 1.82) is 0 Å². The van der Waals surface area contributed by atoms with Crippen LogP contribution in [-0.4, -0.2) is 23.8 Å². The molecule has 1 saturated heterocycles. The van der Waals surface area contributed by atoms with Gasteiger partial charge in [0.1, 0.15) is 0 Å². The minimum atomic E-state index is -0.314. The molecule has 3 heteroatoms. The van der Waals surface area contributed by atoms with E-state index in [9.17, 15) is 5.11 Å². The molecule has 0 radical (unpaired) electrons. The van der Waals surface area contributed by atoms with Gasteiger partial charge in [-0.05, 0) is 44.7 Å². The van der Waals surface area contributed by atoms with Crippen LogP contribution in [0.5, 0.6) is 0 Å². The Balaban J connectivity index is 0.000000980. The predicted molar refractivity (Wildman–Crippen MR) is 60.9 cm³/mol. The fraction of sp³-hybridized carbons (Fsp3) is 1.00. The lowest BCUT2D eigenvalue weighted by Gasteiger charge is -2.41. The minimum absolute atomic E-state index is 0. The van der Waals surface area contributed by atoms with Gasteiger partial charge in [0.05, 0.1) is 5.60 Å². The fourth-order valence-corrected chi connectivity index (χ4v) is 2.91. The van der Waals surface area contributed by atoms with E-state index < -0.39 is 0 Å². The van der Waals surface area contributed by atoms with Crippen molar-refractivity contribution in [2.24, 2.45) is 5.92 Å². The van der Waals surface area contributed by atoms with Crippen molar-refractivity contribution in [3.05, 3.63) is 0 Å². The van der Waals surface area contributed by atoms with Crippen LogP contribution in [0, 0.1) is 5.92 Å². The third-order valence-corrected chi connectivity index (χ3v) is 3.83. The van der Waals surface area contributed by atoms with Crippen LogP contribution in [0.25, 0.3) is 0 Å². The highest BCUT2D eigenvalue weighted by atomic mass is 35.5. The molecular weight excluding hydrogens is 198 g/mol. The van der Waals surface area contributed by atoms with Crippen molar-refractivity contribution in [3.8, 4) is 0 Å². The van der Waals surface area contributed by atoms with Gasteiger partial charge >= 0.3 is 0 Å². The summed E-state index contributed by atoms with van der Waals surface area (Å²) < 4.78 is 0. The lowest BCUT2D eigenvalue weighted by Crippen LogP contribution is -2.47. The molecule has 0 atom stereocenters. The van der Waals surface area contributed by atoms with Gasteiger partial charge in [-0.2, -0.15) is 0 Å². The molecule has 2 N–H and O–H groups in total. The third kappa shape index (κ3) is 2.62. The first-order valence-electron chi connectivity index (χ1n) is 5.74. The van der Waals surface area contributed by atoms with Gasteiger partial charge in [0, 0.05) is 0 Å². The van der Waals surface area contributed by atoms with Gasteiger partial charge in [-0.15, -0.1) is 12.4 Å². The molecule has 0 amide bonds. The predicted octanol–water partition coefficient (Wildman–Crippen LogP) is 2.10. The third-order valence-electron chi connectivity index (χ3n) is 3.83. The summed E-state index contributed by atoms with van der Waals surface area (Å²) in [6, 6.07) is 0. The molecule has 0 aromatic carbocycles. The second kappa shape index (κ2) is 5.34. The Morgan fingerprint density at radius 2 is 1.57 bits per heavy atom. The van der Waals surface area contributed by atoms with Crippen LogP contribution in [0.4, 0.5) is 0 Å². The first-order valence-corrected chi connectivity index (χ1v) is 5.74. The van der Waals surface area contributed by atoms with Gasteiger partial charge in [0.2, 0.25) is 0 Å². The van der Waals surface area contributed by atoms with E-state index in [-0.39, 0.29) is 18.0 Å². The Bertz CT molecular complexity index is 163. The Kier molecular flexibility index (Phi) is 4.68. The van der Waals surface area contributed by atoms with Crippen molar-refractivity contribution in [2.45, 2.75) is 50.5 Å². The van der Waals surface area contributed by atoms with E-state index in [1.807, 2.05) is 0 Å². The van der Waals surface area contributed by atoms with Crippen LogP contribution in [0.2, 0.25) is 0 Å². The molecule has 2 aliphatic rings. The molecule has 1 heterocycles. The number of hydrogen-bond donors (Lipinski definition) is 2. The van der Waals surface area contributed by atoms with Gasteiger partial charge in [0.15, 0.2) is 0 Å². The van der Waals surface area contributed by atoms with Gasteiger partial charge in [-0.1, -0.05) is 19.3 Å². The molecule has 0 bridgehead atoms. The van der Waals surface area contributed by atoms with Crippen molar-refractivity contribution < 1.29 is 5.11 Å². The Morgan fingerprint density at radius 3 is 2.14 bits per heavy atom. The first-order chi connectivity index (χ1) is 6.31. The smallest absolute Gasteiger partial charge is 0.0700 e.